The quantitative estimate of drug-likeness (QED) is 0.381. The molecule has 12 nitrogen and oxygen atoms in total. The Kier molecular flexibility index (Phi) is 10.3. The maximum absolute atomic E-state index is 14.4. The normalized spacial score (nSPS) is 30.8. The van der Waals surface area contributed by atoms with E-state index in [-0.39, 0.29) is 30.9 Å². The molecule has 0 radical (unpaired) electrons. The van der Waals surface area contributed by atoms with Gasteiger partial charge in [-0.25, -0.2) is 9.59 Å². The first-order valence-corrected chi connectivity index (χ1v) is 18.9. The number of hydrogen-bond acceptors (Lipinski definition) is 7. The van der Waals surface area contributed by atoms with Gasteiger partial charge < -0.3 is 35.2 Å². The van der Waals surface area contributed by atoms with Crippen LogP contribution in [-0.4, -0.2) is 89.2 Å². The van der Waals surface area contributed by atoms with Crippen molar-refractivity contribution in [2.75, 3.05) is 19.6 Å². The third kappa shape index (κ3) is 7.94. The molecule has 3 aliphatic heterocycles. The van der Waals surface area contributed by atoms with Crippen LogP contribution >= 0.6 is 0 Å². The summed E-state index contributed by atoms with van der Waals surface area (Å²) in [4.78, 5) is 71.8. The van der Waals surface area contributed by atoms with Crippen LogP contribution in [0.4, 0.5) is 9.59 Å². The Labute approximate surface area is 294 Å². The molecule has 4 fully saturated rings. The summed E-state index contributed by atoms with van der Waals surface area (Å²) in [5.41, 5.74) is 1.19. The van der Waals surface area contributed by atoms with Crippen LogP contribution in [0.1, 0.15) is 94.6 Å². The van der Waals surface area contributed by atoms with Crippen molar-refractivity contribution in [3.8, 4) is 0 Å². The van der Waals surface area contributed by atoms with E-state index in [0.29, 0.717) is 44.8 Å². The van der Waals surface area contributed by atoms with Crippen molar-refractivity contribution < 1.29 is 33.4 Å². The monoisotopic (exact) mass is 689 g/mol. The summed E-state index contributed by atoms with van der Waals surface area (Å²) in [5.74, 6) is -0.723. The zero-order valence-corrected chi connectivity index (χ0v) is 28.9. The van der Waals surface area contributed by atoms with Crippen LogP contribution in [0.5, 0.6) is 0 Å². The molecule has 0 bridgehead atoms. The Bertz CT molecular complexity index is 1490. The fraction of sp³-hybridized carbons (Fsp3) is 0.658. The lowest BCUT2D eigenvalue weighted by atomic mass is 10.0. The summed E-state index contributed by atoms with van der Waals surface area (Å²) in [6, 6.07) is 6.13. The zero-order valence-electron chi connectivity index (χ0n) is 28.9. The predicted molar refractivity (Wildman–Crippen MR) is 184 cm³/mol. The molecule has 12 heteroatoms. The second-order valence-electron chi connectivity index (χ2n) is 15.2. The minimum absolute atomic E-state index is 0.00709. The van der Waals surface area contributed by atoms with Gasteiger partial charge in [-0.3, -0.25) is 14.4 Å². The topological polar surface area (TPSA) is 146 Å². The molecule has 6 aliphatic rings. The summed E-state index contributed by atoms with van der Waals surface area (Å²) >= 11 is 0. The SMILES string of the molecule is O=C(N[C@H]1CCCCC/C=C\[C@H]2C[C@@]2(C(=O)NCC2CC2)NC(=O)[C@@H]2C[C@@H](OC(=O)N3CCc4ccccc4C3)CN2C1=O)OC1CCCC1. The van der Waals surface area contributed by atoms with E-state index in [9.17, 15) is 24.0 Å². The van der Waals surface area contributed by atoms with Gasteiger partial charge in [0.25, 0.3) is 0 Å². The van der Waals surface area contributed by atoms with Gasteiger partial charge in [0.15, 0.2) is 0 Å². The summed E-state index contributed by atoms with van der Waals surface area (Å²) in [6.07, 6.45) is 12.9. The molecule has 5 amide bonds. The number of carbonyl (C=O) groups is 5. The zero-order chi connectivity index (χ0) is 34.7. The largest absolute Gasteiger partial charge is 0.446 e. The van der Waals surface area contributed by atoms with E-state index in [1.165, 1.54) is 10.5 Å². The van der Waals surface area contributed by atoms with E-state index in [0.717, 1.165) is 69.8 Å². The molecule has 1 aromatic rings. The number of ether oxygens (including phenoxy) is 2. The number of benzene rings is 1. The van der Waals surface area contributed by atoms with Crippen molar-refractivity contribution in [1.82, 2.24) is 25.8 Å². The van der Waals surface area contributed by atoms with Gasteiger partial charge in [-0.15, -0.1) is 0 Å². The number of allylic oxidation sites excluding steroid dienone is 1. The molecule has 3 heterocycles. The second-order valence-corrected chi connectivity index (χ2v) is 15.2. The third-order valence-corrected chi connectivity index (χ3v) is 11.4. The highest BCUT2D eigenvalue weighted by Gasteiger charge is 2.61. The van der Waals surface area contributed by atoms with Gasteiger partial charge in [-0.05, 0) is 87.7 Å². The van der Waals surface area contributed by atoms with Gasteiger partial charge in [0.1, 0.15) is 29.8 Å². The van der Waals surface area contributed by atoms with E-state index in [1.807, 2.05) is 24.3 Å². The van der Waals surface area contributed by atoms with E-state index < -0.39 is 47.7 Å². The highest BCUT2D eigenvalue weighted by Crippen LogP contribution is 2.46. The minimum atomic E-state index is -1.09. The number of nitrogens with one attached hydrogen (secondary N) is 3. The second kappa shape index (κ2) is 15.0. The Morgan fingerprint density at radius 1 is 0.920 bits per heavy atom. The average Bonchev–Trinajstić information content (AvgIpc) is 3.96. The van der Waals surface area contributed by atoms with Crippen molar-refractivity contribution in [3.63, 3.8) is 0 Å². The molecule has 0 unspecified atom stereocenters. The maximum atomic E-state index is 14.4. The van der Waals surface area contributed by atoms with Gasteiger partial charge in [0.05, 0.1) is 6.54 Å². The first-order valence-electron chi connectivity index (χ1n) is 18.9. The Balaban J connectivity index is 1.10. The van der Waals surface area contributed by atoms with Gasteiger partial charge in [-0.2, -0.15) is 0 Å². The number of alkyl carbamates (subject to hydrolysis) is 1. The van der Waals surface area contributed by atoms with Crippen molar-refractivity contribution in [2.24, 2.45) is 11.8 Å². The molecule has 1 aromatic carbocycles. The molecular weight excluding hydrogens is 638 g/mol. The molecule has 270 valence electrons. The Morgan fingerprint density at radius 3 is 2.50 bits per heavy atom. The predicted octanol–water partition coefficient (Wildman–Crippen LogP) is 4.11. The van der Waals surface area contributed by atoms with Crippen LogP contribution < -0.4 is 16.0 Å². The molecule has 3 aliphatic carbocycles. The highest BCUT2D eigenvalue weighted by molar-refractivity contribution is 5.98. The van der Waals surface area contributed by atoms with Crippen LogP contribution in [0.15, 0.2) is 36.4 Å². The molecule has 50 heavy (non-hydrogen) atoms. The van der Waals surface area contributed by atoms with Gasteiger partial charge in [0.2, 0.25) is 17.7 Å². The molecule has 3 N–H and O–H groups in total. The molecular formula is C38H51N5O7. The third-order valence-electron chi connectivity index (χ3n) is 11.4. The van der Waals surface area contributed by atoms with Crippen LogP contribution in [0.25, 0.3) is 0 Å². The van der Waals surface area contributed by atoms with Gasteiger partial charge in [0, 0.05) is 32.0 Å². The summed E-state index contributed by atoms with van der Waals surface area (Å²) in [6.45, 7) is 1.53. The fourth-order valence-electron chi connectivity index (χ4n) is 8.08. The standard InChI is InChI=1S/C38H51N5O7/c44-33-32-20-30(50-37(48)42-19-18-26-10-6-7-11-27(26)23-42)24-43(32)34(45)31(40-36(47)49-29-13-8-9-14-29)15-5-3-1-2-4-12-28-21-38(28,41-33)35(46)39-22-25-16-17-25/h4,6-7,10-12,25,28-32H,1-3,5,8-9,13-24H2,(H,39,46)(H,40,47)(H,41,44)/b12-4-/t28-,30+,31-,32-,38+/m0/s1. The Morgan fingerprint density at radius 2 is 1.70 bits per heavy atom. The fourth-order valence-corrected chi connectivity index (χ4v) is 8.08. The van der Waals surface area contributed by atoms with Crippen LogP contribution in [-0.2, 0) is 36.8 Å². The molecule has 7 rings (SSSR count). The Hall–Kier alpha value is -4.09. The smallest absolute Gasteiger partial charge is 0.410 e. The first kappa shape index (κ1) is 34.4. The van der Waals surface area contributed by atoms with Crippen molar-refractivity contribution in [2.45, 2.75) is 126 Å². The van der Waals surface area contributed by atoms with E-state index in [1.54, 1.807) is 4.90 Å². The number of carbonyl (C=O) groups excluding carboxylic acids is 5. The number of nitrogens with zero attached hydrogens (tertiary/aromatic N) is 2. The average molecular weight is 690 g/mol. The minimum Gasteiger partial charge on any atom is -0.446 e. The lowest BCUT2D eigenvalue weighted by molar-refractivity contribution is -0.141. The summed E-state index contributed by atoms with van der Waals surface area (Å²) in [5, 5.41) is 8.96. The molecule has 5 atom stereocenters. The maximum Gasteiger partial charge on any atom is 0.410 e. The highest BCUT2D eigenvalue weighted by atomic mass is 16.6. The van der Waals surface area contributed by atoms with Crippen molar-refractivity contribution in [3.05, 3.63) is 47.5 Å². The molecule has 0 spiro atoms. The first-order chi connectivity index (χ1) is 24.3. The lowest BCUT2D eigenvalue weighted by Crippen LogP contribution is -2.58. The number of amides is 5. The van der Waals surface area contributed by atoms with Crippen molar-refractivity contribution in [1.29, 1.82) is 0 Å². The summed E-state index contributed by atoms with van der Waals surface area (Å²) < 4.78 is 11.7. The van der Waals surface area contributed by atoms with E-state index >= 15 is 0 Å². The van der Waals surface area contributed by atoms with Gasteiger partial charge >= 0.3 is 12.2 Å². The summed E-state index contributed by atoms with van der Waals surface area (Å²) in [7, 11) is 0. The van der Waals surface area contributed by atoms with E-state index in [2.05, 4.69) is 28.1 Å². The lowest BCUT2D eigenvalue weighted by Gasteiger charge is -2.30. The van der Waals surface area contributed by atoms with E-state index in [4.69, 9.17) is 9.47 Å². The number of hydrogen-bond donors (Lipinski definition) is 3. The van der Waals surface area contributed by atoms with Crippen LogP contribution in [0.2, 0.25) is 0 Å². The van der Waals surface area contributed by atoms with Gasteiger partial charge in [-0.1, -0.05) is 49.3 Å². The molecule has 0 aromatic heterocycles. The van der Waals surface area contributed by atoms with Crippen molar-refractivity contribution >= 4 is 29.9 Å². The van der Waals surface area contributed by atoms with Crippen LogP contribution in [0, 0.1) is 11.8 Å². The molecule has 3 saturated carbocycles. The molecule has 1 saturated heterocycles. The number of fused-ring (bicyclic) bond motifs is 3. The van der Waals surface area contributed by atoms with Crippen LogP contribution in [0.3, 0.4) is 0 Å². The number of rotatable bonds is 6.